The summed E-state index contributed by atoms with van der Waals surface area (Å²) in [6.07, 6.45) is 0.0796. The molecule has 0 radical (unpaired) electrons. The van der Waals surface area contributed by atoms with Crippen LogP contribution in [0.3, 0.4) is 0 Å². The Morgan fingerprint density at radius 2 is 2.04 bits per heavy atom. The lowest BCUT2D eigenvalue weighted by Gasteiger charge is -2.17. The molecule has 3 rings (SSSR count). The first-order valence-corrected chi connectivity index (χ1v) is 7.97. The third-order valence-electron chi connectivity index (χ3n) is 4.33. The van der Waals surface area contributed by atoms with E-state index >= 15 is 0 Å². The number of hydrogen-bond donors (Lipinski definition) is 1. The molecular weight excluding hydrogens is 341 g/mol. The number of nitro benzene ring substituents is 1. The average molecular weight is 357 g/mol. The minimum absolute atomic E-state index is 0.0796. The van der Waals surface area contributed by atoms with Crippen LogP contribution < -0.4 is 10.2 Å². The molecule has 1 unspecified atom stereocenters. The van der Waals surface area contributed by atoms with Crippen LogP contribution >= 0.6 is 0 Å². The molecule has 1 heterocycles. The van der Waals surface area contributed by atoms with Crippen molar-refractivity contribution in [3.63, 3.8) is 0 Å². The minimum Gasteiger partial charge on any atom is -0.347 e. The summed E-state index contributed by atoms with van der Waals surface area (Å²) in [5.41, 5.74) is 0.747. The molecule has 1 atom stereocenters. The highest BCUT2D eigenvalue weighted by Crippen LogP contribution is 2.24. The van der Waals surface area contributed by atoms with Gasteiger partial charge in [-0.1, -0.05) is 12.1 Å². The number of anilines is 1. The van der Waals surface area contributed by atoms with Gasteiger partial charge in [0.2, 0.25) is 5.91 Å². The van der Waals surface area contributed by atoms with Crippen molar-refractivity contribution in [3.05, 3.63) is 69.5 Å². The van der Waals surface area contributed by atoms with E-state index in [0.717, 1.165) is 0 Å². The number of hydrogen-bond acceptors (Lipinski definition) is 4. The number of carbonyl (C=O) groups excluding carboxylic acids is 2. The highest BCUT2D eigenvalue weighted by atomic mass is 19.1. The van der Waals surface area contributed by atoms with Crippen LogP contribution in [-0.4, -0.2) is 29.3 Å². The highest BCUT2D eigenvalue weighted by Gasteiger charge is 2.32. The van der Waals surface area contributed by atoms with Crippen LogP contribution in [-0.2, 0) is 4.79 Å². The molecule has 1 aliphatic rings. The number of benzene rings is 2. The van der Waals surface area contributed by atoms with Gasteiger partial charge >= 0.3 is 0 Å². The minimum atomic E-state index is -0.545. The molecule has 1 fully saturated rings. The lowest BCUT2D eigenvalue weighted by Crippen LogP contribution is -2.37. The molecule has 1 aliphatic heterocycles. The Bertz CT molecular complexity index is 900. The summed E-state index contributed by atoms with van der Waals surface area (Å²) in [5, 5.41) is 13.7. The van der Waals surface area contributed by atoms with Crippen LogP contribution in [0.2, 0.25) is 0 Å². The van der Waals surface area contributed by atoms with E-state index in [4.69, 9.17) is 0 Å². The van der Waals surface area contributed by atoms with Gasteiger partial charge in [-0.15, -0.1) is 0 Å². The van der Waals surface area contributed by atoms with Gasteiger partial charge in [-0.2, -0.15) is 0 Å². The zero-order chi connectivity index (χ0) is 18.8. The van der Waals surface area contributed by atoms with Crippen LogP contribution in [0, 0.1) is 22.9 Å². The predicted molar refractivity (Wildman–Crippen MR) is 92.5 cm³/mol. The average Bonchev–Trinajstić information content (AvgIpc) is 2.95. The van der Waals surface area contributed by atoms with Crippen molar-refractivity contribution in [3.8, 4) is 0 Å². The van der Waals surface area contributed by atoms with Crippen LogP contribution in [0.1, 0.15) is 22.3 Å². The van der Waals surface area contributed by atoms with Gasteiger partial charge in [-0.3, -0.25) is 19.7 Å². The smallest absolute Gasteiger partial charge is 0.273 e. The number of nitro groups is 1. The van der Waals surface area contributed by atoms with Crippen molar-refractivity contribution in [1.29, 1.82) is 0 Å². The van der Waals surface area contributed by atoms with Crippen LogP contribution in [0.15, 0.2) is 42.5 Å². The topological polar surface area (TPSA) is 92.6 Å². The van der Waals surface area contributed by atoms with Crippen molar-refractivity contribution in [2.75, 3.05) is 11.4 Å². The van der Waals surface area contributed by atoms with Gasteiger partial charge in [0.15, 0.2) is 0 Å². The van der Waals surface area contributed by atoms with Crippen molar-refractivity contribution in [2.24, 2.45) is 0 Å². The number of nitrogens with one attached hydrogen (secondary N) is 1. The first kappa shape index (κ1) is 17.5. The van der Waals surface area contributed by atoms with Crippen molar-refractivity contribution >= 4 is 23.2 Å². The standard InChI is InChI=1S/C18H16FN3O4/c1-11-15(6-3-7-16(11)22(25)26)18(24)20-13-9-17(23)21(10-13)14-5-2-4-12(19)8-14/h2-8,13H,9-10H2,1H3,(H,20,24). The van der Waals surface area contributed by atoms with Gasteiger partial charge in [0.1, 0.15) is 5.82 Å². The van der Waals surface area contributed by atoms with Crippen molar-refractivity contribution in [1.82, 2.24) is 5.32 Å². The highest BCUT2D eigenvalue weighted by molar-refractivity contribution is 5.99. The van der Waals surface area contributed by atoms with E-state index < -0.39 is 22.7 Å². The zero-order valence-electron chi connectivity index (χ0n) is 13.9. The maximum atomic E-state index is 13.4. The molecular formula is C18H16FN3O4. The quantitative estimate of drug-likeness (QED) is 0.672. The van der Waals surface area contributed by atoms with E-state index in [1.165, 1.54) is 48.2 Å². The number of amides is 2. The summed E-state index contributed by atoms with van der Waals surface area (Å²) in [6.45, 7) is 1.72. The lowest BCUT2D eigenvalue weighted by atomic mass is 10.1. The molecule has 1 N–H and O–H groups in total. The maximum Gasteiger partial charge on any atom is 0.273 e. The fourth-order valence-electron chi connectivity index (χ4n) is 3.03. The van der Waals surface area contributed by atoms with E-state index in [2.05, 4.69) is 5.32 Å². The van der Waals surface area contributed by atoms with Gasteiger partial charge in [-0.05, 0) is 31.2 Å². The lowest BCUT2D eigenvalue weighted by molar-refractivity contribution is -0.385. The molecule has 2 amide bonds. The van der Waals surface area contributed by atoms with Crippen LogP contribution in [0.5, 0.6) is 0 Å². The fourth-order valence-corrected chi connectivity index (χ4v) is 3.03. The molecule has 2 aromatic rings. The largest absolute Gasteiger partial charge is 0.347 e. The molecule has 8 heteroatoms. The van der Waals surface area contributed by atoms with Crippen molar-refractivity contribution in [2.45, 2.75) is 19.4 Å². The van der Waals surface area contributed by atoms with Gasteiger partial charge in [-0.25, -0.2) is 4.39 Å². The fraction of sp³-hybridized carbons (Fsp3) is 0.222. The Balaban J connectivity index is 1.74. The molecule has 2 aromatic carbocycles. The summed E-state index contributed by atoms with van der Waals surface area (Å²) in [4.78, 5) is 36.5. The Morgan fingerprint density at radius 1 is 1.31 bits per heavy atom. The Hall–Kier alpha value is -3.29. The maximum absolute atomic E-state index is 13.4. The second-order valence-corrected chi connectivity index (χ2v) is 6.07. The molecule has 0 spiro atoms. The summed E-state index contributed by atoms with van der Waals surface area (Å²) < 4.78 is 13.4. The molecule has 0 aliphatic carbocycles. The first-order valence-electron chi connectivity index (χ1n) is 7.97. The second kappa shape index (κ2) is 6.91. The van der Waals surface area contributed by atoms with E-state index in [9.17, 15) is 24.1 Å². The predicted octanol–water partition coefficient (Wildman–Crippen LogP) is 2.58. The molecule has 0 saturated carbocycles. The molecule has 0 bridgehead atoms. The van der Waals surface area contributed by atoms with E-state index in [0.29, 0.717) is 5.69 Å². The number of halogens is 1. The Kier molecular flexibility index (Phi) is 4.66. The summed E-state index contributed by atoms with van der Waals surface area (Å²) >= 11 is 0. The zero-order valence-corrected chi connectivity index (χ0v) is 13.9. The second-order valence-electron chi connectivity index (χ2n) is 6.07. The molecule has 134 valence electrons. The third kappa shape index (κ3) is 3.39. The number of nitrogens with zero attached hydrogens (tertiary/aromatic N) is 2. The van der Waals surface area contributed by atoms with Gasteiger partial charge < -0.3 is 10.2 Å². The van der Waals surface area contributed by atoms with Crippen molar-refractivity contribution < 1.29 is 18.9 Å². The monoisotopic (exact) mass is 357 g/mol. The van der Waals surface area contributed by atoms with Gasteiger partial charge in [0.25, 0.3) is 11.6 Å². The SMILES string of the molecule is Cc1c(C(=O)NC2CC(=O)N(c3cccc(F)c3)C2)cccc1[N+](=O)[O-]. The summed E-state index contributed by atoms with van der Waals surface area (Å²) in [6, 6.07) is 9.49. The number of rotatable bonds is 4. The van der Waals surface area contributed by atoms with Crippen LogP contribution in [0.4, 0.5) is 15.8 Å². The van der Waals surface area contributed by atoms with E-state index in [-0.39, 0.29) is 35.7 Å². The van der Waals surface area contributed by atoms with Gasteiger partial charge in [0, 0.05) is 35.8 Å². The normalized spacial score (nSPS) is 16.6. The molecule has 26 heavy (non-hydrogen) atoms. The molecule has 1 saturated heterocycles. The summed E-state index contributed by atoms with van der Waals surface area (Å²) in [5.74, 6) is -1.16. The van der Waals surface area contributed by atoms with Gasteiger partial charge in [0.05, 0.1) is 11.0 Å². The Morgan fingerprint density at radius 3 is 2.73 bits per heavy atom. The van der Waals surface area contributed by atoms with Crippen LogP contribution in [0.25, 0.3) is 0 Å². The number of carbonyl (C=O) groups is 2. The first-order chi connectivity index (χ1) is 12.4. The Labute approximate surface area is 148 Å². The summed E-state index contributed by atoms with van der Waals surface area (Å²) in [7, 11) is 0. The van der Waals surface area contributed by atoms with E-state index in [1.807, 2.05) is 0 Å². The van der Waals surface area contributed by atoms with E-state index in [1.54, 1.807) is 6.07 Å². The molecule has 7 nitrogen and oxygen atoms in total. The third-order valence-corrected chi connectivity index (χ3v) is 4.33. The molecule has 0 aromatic heterocycles.